The van der Waals surface area contributed by atoms with Gasteiger partial charge in [0.1, 0.15) is 5.41 Å². The Labute approximate surface area is 85.9 Å². The second-order valence-corrected chi connectivity index (χ2v) is 3.89. The normalized spacial score (nSPS) is 17.9. The molecule has 2 heterocycles. The van der Waals surface area contributed by atoms with Crippen molar-refractivity contribution in [1.82, 2.24) is 14.6 Å². The van der Waals surface area contributed by atoms with Gasteiger partial charge in [0.2, 0.25) is 5.91 Å². The molecule has 1 aliphatic carbocycles. The highest BCUT2D eigenvalue weighted by atomic mass is 16.1. The zero-order valence-electron chi connectivity index (χ0n) is 8.05. The van der Waals surface area contributed by atoms with Crippen molar-refractivity contribution in [3.05, 3.63) is 30.2 Å². The summed E-state index contributed by atoms with van der Waals surface area (Å²) in [4.78, 5) is 15.6. The summed E-state index contributed by atoms with van der Waals surface area (Å²) in [5, 5.41) is 4.27. The minimum absolute atomic E-state index is 0.321. The SMILES string of the molecule is NC(=O)C1(c2nc3ccccn3n2)CC1. The number of rotatable bonds is 2. The van der Waals surface area contributed by atoms with Gasteiger partial charge in [0, 0.05) is 6.20 Å². The summed E-state index contributed by atoms with van der Waals surface area (Å²) < 4.78 is 1.67. The van der Waals surface area contributed by atoms with Crippen LogP contribution in [0.2, 0.25) is 0 Å². The molecule has 1 saturated carbocycles. The van der Waals surface area contributed by atoms with Crippen LogP contribution in [0.25, 0.3) is 5.65 Å². The van der Waals surface area contributed by atoms with Gasteiger partial charge in [-0.15, -0.1) is 0 Å². The quantitative estimate of drug-likeness (QED) is 0.758. The first-order valence-corrected chi connectivity index (χ1v) is 4.84. The summed E-state index contributed by atoms with van der Waals surface area (Å²) in [5.74, 6) is 0.236. The second kappa shape index (κ2) is 2.56. The first kappa shape index (κ1) is 8.40. The molecule has 5 heteroatoms. The van der Waals surface area contributed by atoms with E-state index in [0.717, 1.165) is 18.5 Å². The minimum Gasteiger partial charge on any atom is -0.369 e. The van der Waals surface area contributed by atoms with Gasteiger partial charge in [-0.2, -0.15) is 5.10 Å². The van der Waals surface area contributed by atoms with Gasteiger partial charge in [0.25, 0.3) is 0 Å². The molecule has 0 unspecified atom stereocenters. The number of pyridine rings is 1. The number of hydrogen-bond donors (Lipinski definition) is 1. The van der Waals surface area contributed by atoms with E-state index in [1.165, 1.54) is 0 Å². The third kappa shape index (κ3) is 1.06. The molecule has 3 rings (SSSR count). The maximum Gasteiger partial charge on any atom is 0.231 e. The number of nitrogens with two attached hydrogens (primary N) is 1. The van der Waals surface area contributed by atoms with Crippen molar-refractivity contribution < 1.29 is 4.79 Å². The minimum atomic E-state index is -0.591. The lowest BCUT2D eigenvalue weighted by molar-refractivity contribution is -0.120. The second-order valence-electron chi connectivity index (χ2n) is 3.89. The highest BCUT2D eigenvalue weighted by molar-refractivity contribution is 5.88. The summed E-state index contributed by atoms with van der Waals surface area (Å²) in [7, 11) is 0. The Kier molecular flexibility index (Phi) is 1.44. The summed E-state index contributed by atoms with van der Waals surface area (Å²) in [6.45, 7) is 0. The number of fused-ring (bicyclic) bond motifs is 1. The molecule has 1 amide bonds. The Morgan fingerprint density at radius 2 is 2.27 bits per heavy atom. The highest BCUT2D eigenvalue weighted by Crippen LogP contribution is 2.46. The lowest BCUT2D eigenvalue weighted by Gasteiger charge is -2.03. The molecule has 0 atom stereocenters. The van der Waals surface area contributed by atoms with E-state index in [4.69, 9.17) is 5.73 Å². The molecule has 5 nitrogen and oxygen atoms in total. The molecule has 1 aliphatic rings. The average molecular weight is 202 g/mol. The molecular formula is C10H10N4O. The topological polar surface area (TPSA) is 73.3 Å². The van der Waals surface area contributed by atoms with E-state index in [9.17, 15) is 4.79 Å². The summed E-state index contributed by atoms with van der Waals surface area (Å²) >= 11 is 0. The van der Waals surface area contributed by atoms with Crippen molar-refractivity contribution in [3.8, 4) is 0 Å². The van der Waals surface area contributed by atoms with Crippen LogP contribution in [0, 0.1) is 0 Å². The Bertz CT molecular complexity index is 508. The van der Waals surface area contributed by atoms with Crippen LogP contribution in [0.1, 0.15) is 18.7 Å². The van der Waals surface area contributed by atoms with E-state index in [0.29, 0.717) is 5.82 Å². The fraction of sp³-hybridized carbons (Fsp3) is 0.300. The predicted octanol–water partition coefficient (Wildman–Crippen LogP) is 0.246. The summed E-state index contributed by atoms with van der Waals surface area (Å²) in [6.07, 6.45) is 3.33. The van der Waals surface area contributed by atoms with Gasteiger partial charge in [-0.25, -0.2) is 9.50 Å². The van der Waals surface area contributed by atoms with Gasteiger partial charge in [0.15, 0.2) is 11.5 Å². The largest absolute Gasteiger partial charge is 0.369 e. The molecule has 0 spiro atoms. The highest BCUT2D eigenvalue weighted by Gasteiger charge is 2.53. The van der Waals surface area contributed by atoms with Gasteiger partial charge in [-0.3, -0.25) is 4.79 Å². The predicted molar refractivity (Wildman–Crippen MR) is 53.1 cm³/mol. The molecule has 0 aromatic carbocycles. The van der Waals surface area contributed by atoms with E-state index < -0.39 is 5.41 Å². The Morgan fingerprint density at radius 3 is 2.87 bits per heavy atom. The molecule has 2 aromatic heterocycles. The smallest absolute Gasteiger partial charge is 0.231 e. The molecule has 0 aliphatic heterocycles. The van der Waals surface area contributed by atoms with E-state index in [1.807, 2.05) is 24.4 Å². The van der Waals surface area contributed by atoms with Crippen molar-refractivity contribution in [3.63, 3.8) is 0 Å². The van der Waals surface area contributed by atoms with Gasteiger partial charge in [-0.05, 0) is 25.0 Å². The van der Waals surface area contributed by atoms with Crippen molar-refractivity contribution in [1.29, 1.82) is 0 Å². The van der Waals surface area contributed by atoms with Crippen molar-refractivity contribution in [2.24, 2.45) is 5.73 Å². The van der Waals surface area contributed by atoms with Crippen LogP contribution in [-0.4, -0.2) is 20.5 Å². The van der Waals surface area contributed by atoms with E-state index in [1.54, 1.807) is 4.52 Å². The molecule has 0 radical (unpaired) electrons. The number of hydrogen-bond acceptors (Lipinski definition) is 3. The number of nitrogens with zero attached hydrogens (tertiary/aromatic N) is 3. The maximum atomic E-state index is 11.3. The summed E-state index contributed by atoms with van der Waals surface area (Å²) in [6, 6.07) is 5.61. The van der Waals surface area contributed by atoms with Gasteiger partial charge < -0.3 is 5.73 Å². The van der Waals surface area contributed by atoms with Gasteiger partial charge >= 0.3 is 0 Å². The van der Waals surface area contributed by atoms with Crippen molar-refractivity contribution in [2.75, 3.05) is 0 Å². The van der Waals surface area contributed by atoms with Crippen LogP contribution < -0.4 is 5.73 Å². The fourth-order valence-electron chi connectivity index (χ4n) is 1.74. The number of amides is 1. The zero-order valence-corrected chi connectivity index (χ0v) is 8.05. The number of aromatic nitrogens is 3. The van der Waals surface area contributed by atoms with Crippen LogP contribution in [0.15, 0.2) is 24.4 Å². The number of primary amides is 1. The Balaban J connectivity index is 2.17. The molecule has 15 heavy (non-hydrogen) atoms. The Morgan fingerprint density at radius 1 is 1.47 bits per heavy atom. The molecule has 1 fully saturated rings. The third-order valence-corrected chi connectivity index (χ3v) is 2.89. The monoisotopic (exact) mass is 202 g/mol. The first-order valence-electron chi connectivity index (χ1n) is 4.84. The number of carbonyl (C=O) groups is 1. The Hall–Kier alpha value is -1.91. The average Bonchev–Trinajstić information content (AvgIpc) is 2.93. The number of carbonyl (C=O) groups excluding carboxylic acids is 1. The first-order chi connectivity index (χ1) is 7.22. The van der Waals surface area contributed by atoms with E-state index >= 15 is 0 Å². The lowest BCUT2D eigenvalue weighted by atomic mass is 10.1. The van der Waals surface area contributed by atoms with Crippen LogP contribution in [0.4, 0.5) is 0 Å². The molecule has 76 valence electrons. The molecule has 0 saturated heterocycles. The molecule has 2 N–H and O–H groups in total. The third-order valence-electron chi connectivity index (χ3n) is 2.89. The van der Waals surface area contributed by atoms with Crippen LogP contribution in [0.5, 0.6) is 0 Å². The summed E-state index contributed by atoms with van der Waals surface area (Å²) in [5.41, 5.74) is 5.52. The van der Waals surface area contributed by atoms with Crippen LogP contribution >= 0.6 is 0 Å². The van der Waals surface area contributed by atoms with Crippen molar-refractivity contribution >= 4 is 11.6 Å². The molecular weight excluding hydrogens is 192 g/mol. The maximum absolute atomic E-state index is 11.3. The van der Waals surface area contributed by atoms with Gasteiger partial charge in [0.05, 0.1) is 0 Å². The van der Waals surface area contributed by atoms with E-state index in [2.05, 4.69) is 10.1 Å². The van der Waals surface area contributed by atoms with Crippen molar-refractivity contribution in [2.45, 2.75) is 18.3 Å². The lowest BCUT2D eigenvalue weighted by Crippen LogP contribution is -2.29. The van der Waals surface area contributed by atoms with Crippen LogP contribution in [-0.2, 0) is 10.2 Å². The van der Waals surface area contributed by atoms with E-state index in [-0.39, 0.29) is 5.91 Å². The van der Waals surface area contributed by atoms with Gasteiger partial charge in [-0.1, -0.05) is 6.07 Å². The standard InChI is InChI=1S/C10H10N4O/c11-8(15)10(4-5-10)9-12-7-3-1-2-6-14(7)13-9/h1-3,6H,4-5H2,(H2,11,15). The fourth-order valence-corrected chi connectivity index (χ4v) is 1.74. The molecule has 0 bridgehead atoms. The zero-order chi connectivity index (χ0) is 10.5. The van der Waals surface area contributed by atoms with Crippen LogP contribution in [0.3, 0.4) is 0 Å². The molecule has 2 aromatic rings.